The minimum atomic E-state index is 0.00307. The standard InChI is InChI=1S/C20H20N2O3S2/c1-3-22(11-14-5-4-6-16-17(14)25-9-8-24-16)20(23)18-13(2)21-19(27-18)15-7-10-26-12-15/h4-7,10,12H,3,8-9,11H2,1-2H3. The van der Waals surface area contributed by atoms with Crippen LogP contribution in [0.2, 0.25) is 0 Å². The van der Waals surface area contributed by atoms with Crippen LogP contribution in [0.25, 0.3) is 10.6 Å². The Bertz CT molecular complexity index is 950. The first kappa shape index (κ1) is 18.0. The lowest BCUT2D eigenvalue weighted by Gasteiger charge is -2.25. The molecule has 140 valence electrons. The summed E-state index contributed by atoms with van der Waals surface area (Å²) in [5.74, 6) is 1.49. The van der Waals surface area contributed by atoms with Crippen LogP contribution in [-0.4, -0.2) is 35.5 Å². The Balaban J connectivity index is 1.59. The molecule has 0 saturated heterocycles. The number of hydrogen-bond acceptors (Lipinski definition) is 6. The molecule has 1 aromatic carbocycles. The van der Waals surface area contributed by atoms with Gasteiger partial charge in [-0.1, -0.05) is 12.1 Å². The summed E-state index contributed by atoms with van der Waals surface area (Å²) in [4.78, 5) is 20.3. The van der Waals surface area contributed by atoms with Gasteiger partial charge in [0.25, 0.3) is 5.91 Å². The molecule has 0 fully saturated rings. The zero-order chi connectivity index (χ0) is 18.8. The number of aryl methyl sites for hydroxylation is 1. The van der Waals surface area contributed by atoms with E-state index >= 15 is 0 Å². The minimum Gasteiger partial charge on any atom is -0.486 e. The molecule has 4 rings (SSSR count). The summed E-state index contributed by atoms with van der Waals surface area (Å²) in [5, 5.41) is 4.96. The fourth-order valence-electron chi connectivity index (χ4n) is 3.04. The van der Waals surface area contributed by atoms with Crippen molar-refractivity contribution in [1.82, 2.24) is 9.88 Å². The Hall–Kier alpha value is -2.38. The molecule has 0 spiro atoms. The Morgan fingerprint density at radius 1 is 1.26 bits per heavy atom. The quantitative estimate of drug-likeness (QED) is 0.627. The van der Waals surface area contributed by atoms with Crippen molar-refractivity contribution >= 4 is 28.6 Å². The largest absolute Gasteiger partial charge is 0.486 e. The Morgan fingerprint density at radius 3 is 2.89 bits per heavy atom. The van der Waals surface area contributed by atoms with Gasteiger partial charge in [0.1, 0.15) is 23.1 Å². The molecule has 3 aromatic rings. The van der Waals surface area contributed by atoms with Gasteiger partial charge in [-0.2, -0.15) is 11.3 Å². The molecule has 0 unspecified atom stereocenters. The van der Waals surface area contributed by atoms with Gasteiger partial charge in [-0.25, -0.2) is 4.98 Å². The highest BCUT2D eigenvalue weighted by atomic mass is 32.1. The van der Waals surface area contributed by atoms with Crippen LogP contribution in [0.3, 0.4) is 0 Å². The lowest BCUT2D eigenvalue weighted by Crippen LogP contribution is -2.30. The third-order valence-electron chi connectivity index (χ3n) is 4.44. The van der Waals surface area contributed by atoms with E-state index in [2.05, 4.69) is 10.4 Å². The third kappa shape index (κ3) is 3.57. The summed E-state index contributed by atoms with van der Waals surface area (Å²) in [5.41, 5.74) is 2.81. The van der Waals surface area contributed by atoms with Crippen LogP contribution in [0, 0.1) is 6.92 Å². The van der Waals surface area contributed by atoms with Gasteiger partial charge in [0, 0.05) is 29.6 Å². The molecule has 1 aliphatic heterocycles. The van der Waals surface area contributed by atoms with Crippen LogP contribution in [0.4, 0.5) is 0 Å². The molecule has 0 bridgehead atoms. The molecule has 0 N–H and O–H groups in total. The highest BCUT2D eigenvalue weighted by Gasteiger charge is 2.24. The number of ether oxygens (including phenoxy) is 2. The average Bonchev–Trinajstić information content (AvgIpc) is 3.35. The van der Waals surface area contributed by atoms with Crippen LogP contribution in [0.15, 0.2) is 35.0 Å². The molecule has 0 aliphatic carbocycles. The van der Waals surface area contributed by atoms with E-state index < -0.39 is 0 Å². The maximum atomic E-state index is 13.2. The number of hydrogen-bond donors (Lipinski definition) is 0. The van der Waals surface area contributed by atoms with E-state index in [0.29, 0.717) is 31.2 Å². The number of fused-ring (bicyclic) bond motifs is 1. The predicted molar refractivity (Wildman–Crippen MR) is 108 cm³/mol. The second-order valence-electron chi connectivity index (χ2n) is 6.21. The van der Waals surface area contributed by atoms with E-state index in [1.54, 1.807) is 11.3 Å². The van der Waals surface area contributed by atoms with Crippen LogP contribution in [0.5, 0.6) is 11.5 Å². The van der Waals surface area contributed by atoms with Crippen molar-refractivity contribution in [3.8, 4) is 22.1 Å². The zero-order valence-corrected chi connectivity index (χ0v) is 16.9. The van der Waals surface area contributed by atoms with Crippen LogP contribution in [-0.2, 0) is 6.54 Å². The second-order valence-corrected chi connectivity index (χ2v) is 7.99. The number of benzene rings is 1. The van der Waals surface area contributed by atoms with E-state index in [4.69, 9.17) is 9.47 Å². The Morgan fingerprint density at radius 2 is 2.11 bits per heavy atom. The monoisotopic (exact) mass is 400 g/mol. The summed E-state index contributed by atoms with van der Waals surface area (Å²) in [6, 6.07) is 7.85. The smallest absolute Gasteiger partial charge is 0.266 e. The lowest BCUT2D eigenvalue weighted by atomic mass is 10.1. The first-order chi connectivity index (χ1) is 13.2. The normalized spacial score (nSPS) is 12.8. The SMILES string of the molecule is CCN(Cc1cccc2c1OCCO2)C(=O)c1sc(-c2ccsc2)nc1C. The first-order valence-electron chi connectivity index (χ1n) is 8.84. The van der Waals surface area contributed by atoms with Gasteiger partial charge in [-0.15, -0.1) is 11.3 Å². The highest BCUT2D eigenvalue weighted by Crippen LogP contribution is 2.35. The van der Waals surface area contributed by atoms with E-state index in [9.17, 15) is 4.79 Å². The minimum absolute atomic E-state index is 0.00307. The third-order valence-corrected chi connectivity index (χ3v) is 6.31. The van der Waals surface area contributed by atoms with Crippen molar-refractivity contribution in [1.29, 1.82) is 0 Å². The van der Waals surface area contributed by atoms with Crippen LogP contribution < -0.4 is 9.47 Å². The Kier molecular flexibility index (Phi) is 5.13. The summed E-state index contributed by atoms with van der Waals surface area (Å²) < 4.78 is 11.4. The number of thiazole rings is 1. The van der Waals surface area contributed by atoms with Crippen molar-refractivity contribution in [3.05, 3.63) is 51.2 Å². The average molecular weight is 401 g/mol. The lowest BCUT2D eigenvalue weighted by molar-refractivity contribution is 0.0753. The van der Waals surface area contributed by atoms with Crippen molar-refractivity contribution in [2.45, 2.75) is 20.4 Å². The van der Waals surface area contributed by atoms with Gasteiger partial charge in [-0.05, 0) is 31.4 Å². The molecule has 5 nitrogen and oxygen atoms in total. The molecular formula is C20H20N2O3S2. The highest BCUT2D eigenvalue weighted by molar-refractivity contribution is 7.17. The number of nitrogens with zero attached hydrogens (tertiary/aromatic N) is 2. The van der Waals surface area contributed by atoms with Crippen molar-refractivity contribution in [2.75, 3.05) is 19.8 Å². The molecule has 3 heterocycles. The van der Waals surface area contributed by atoms with Gasteiger partial charge in [-0.3, -0.25) is 4.79 Å². The molecule has 0 atom stereocenters. The number of amides is 1. The van der Waals surface area contributed by atoms with Gasteiger partial charge in [0.15, 0.2) is 11.5 Å². The molecule has 0 radical (unpaired) electrons. The summed E-state index contributed by atoms with van der Waals surface area (Å²) >= 11 is 3.09. The van der Waals surface area contributed by atoms with Crippen molar-refractivity contribution in [2.24, 2.45) is 0 Å². The molecule has 0 saturated carbocycles. The summed E-state index contributed by atoms with van der Waals surface area (Å²) in [6.45, 7) is 6.05. The second kappa shape index (κ2) is 7.70. The van der Waals surface area contributed by atoms with Gasteiger partial charge >= 0.3 is 0 Å². The number of rotatable bonds is 5. The maximum Gasteiger partial charge on any atom is 0.266 e. The molecule has 2 aromatic heterocycles. The van der Waals surface area contributed by atoms with Gasteiger partial charge < -0.3 is 14.4 Å². The number of carbonyl (C=O) groups is 1. The fraction of sp³-hybridized carbons (Fsp3) is 0.300. The molecular weight excluding hydrogens is 380 g/mol. The van der Waals surface area contributed by atoms with Crippen molar-refractivity contribution in [3.63, 3.8) is 0 Å². The van der Waals surface area contributed by atoms with E-state index in [-0.39, 0.29) is 5.91 Å². The number of thiophene rings is 1. The number of para-hydroxylation sites is 1. The fourth-order valence-corrected chi connectivity index (χ4v) is 4.79. The van der Waals surface area contributed by atoms with E-state index in [0.717, 1.165) is 33.3 Å². The Labute approximate surface area is 166 Å². The van der Waals surface area contributed by atoms with Crippen LogP contribution >= 0.6 is 22.7 Å². The number of aromatic nitrogens is 1. The number of carbonyl (C=O) groups excluding carboxylic acids is 1. The predicted octanol–water partition coefficient (Wildman–Crippen LogP) is 4.61. The molecule has 1 amide bonds. The van der Waals surface area contributed by atoms with Gasteiger partial charge in [0.05, 0.1) is 5.69 Å². The molecule has 7 heteroatoms. The summed E-state index contributed by atoms with van der Waals surface area (Å²) in [7, 11) is 0. The first-order valence-corrected chi connectivity index (χ1v) is 10.6. The summed E-state index contributed by atoms with van der Waals surface area (Å²) in [6.07, 6.45) is 0. The van der Waals surface area contributed by atoms with E-state index in [1.165, 1.54) is 11.3 Å². The topological polar surface area (TPSA) is 51.7 Å². The van der Waals surface area contributed by atoms with Crippen LogP contribution in [0.1, 0.15) is 27.9 Å². The van der Waals surface area contributed by atoms with Crippen molar-refractivity contribution < 1.29 is 14.3 Å². The molecule has 1 aliphatic rings. The molecule has 27 heavy (non-hydrogen) atoms. The maximum absolute atomic E-state index is 13.2. The zero-order valence-electron chi connectivity index (χ0n) is 15.2. The van der Waals surface area contributed by atoms with Gasteiger partial charge in [0.2, 0.25) is 0 Å². The van der Waals surface area contributed by atoms with E-state index in [1.807, 2.05) is 48.4 Å².